The lowest BCUT2D eigenvalue weighted by molar-refractivity contribution is -0.117. The normalized spacial score (nSPS) is 13.7. The number of hydrogen-bond acceptors (Lipinski definition) is 8. The molecule has 1 fully saturated rings. The number of amides is 1. The SMILES string of the molecule is COCCOc1nc(C)c(-c2ccnc(Nc3ccc(N4CCCC4=O)cc3)n2)s1. The second-order valence-corrected chi connectivity index (χ2v) is 7.78. The van der Waals surface area contributed by atoms with Gasteiger partial charge >= 0.3 is 0 Å². The predicted molar refractivity (Wildman–Crippen MR) is 117 cm³/mol. The fourth-order valence-corrected chi connectivity index (χ4v) is 4.11. The molecule has 9 heteroatoms. The molecule has 0 bridgehead atoms. The highest BCUT2D eigenvalue weighted by Gasteiger charge is 2.21. The van der Waals surface area contributed by atoms with Gasteiger partial charge in [0.1, 0.15) is 6.61 Å². The zero-order valence-electron chi connectivity index (χ0n) is 16.9. The van der Waals surface area contributed by atoms with Crippen molar-refractivity contribution >= 4 is 34.6 Å². The Morgan fingerprint density at radius 2 is 2.00 bits per heavy atom. The lowest BCUT2D eigenvalue weighted by Crippen LogP contribution is -2.23. The van der Waals surface area contributed by atoms with Gasteiger partial charge in [-0.05, 0) is 43.7 Å². The number of anilines is 3. The first-order chi connectivity index (χ1) is 14.6. The zero-order valence-corrected chi connectivity index (χ0v) is 17.7. The first-order valence-electron chi connectivity index (χ1n) is 9.74. The van der Waals surface area contributed by atoms with Crippen LogP contribution in [0.5, 0.6) is 5.19 Å². The molecule has 1 saturated heterocycles. The van der Waals surface area contributed by atoms with E-state index in [1.165, 1.54) is 11.3 Å². The van der Waals surface area contributed by atoms with E-state index in [1.807, 2.05) is 42.2 Å². The maximum atomic E-state index is 11.9. The zero-order chi connectivity index (χ0) is 20.9. The summed E-state index contributed by atoms with van der Waals surface area (Å²) in [6.07, 6.45) is 3.25. The Bertz CT molecular complexity index is 1020. The highest BCUT2D eigenvalue weighted by Crippen LogP contribution is 2.33. The van der Waals surface area contributed by atoms with E-state index in [0.717, 1.165) is 40.6 Å². The van der Waals surface area contributed by atoms with E-state index in [0.29, 0.717) is 30.8 Å². The Labute approximate surface area is 178 Å². The van der Waals surface area contributed by atoms with Gasteiger partial charge < -0.3 is 19.7 Å². The lowest BCUT2D eigenvalue weighted by Gasteiger charge is -2.16. The summed E-state index contributed by atoms with van der Waals surface area (Å²) in [5.41, 5.74) is 3.41. The number of carbonyl (C=O) groups is 1. The van der Waals surface area contributed by atoms with Crippen molar-refractivity contribution in [2.75, 3.05) is 37.1 Å². The van der Waals surface area contributed by atoms with Gasteiger partial charge in [0.15, 0.2) is 0 Å². The fraction of sp³-hybridized carbons (Fsp3) is 0.333. The van der Waals surface area contributed by atoms with E-state index in [-0.39, 0.29) is 5.91 Å². The highest BCUT2D eigenvalue weighted by molar-refractivity contribution is 7.17. The maximum Gasteiger partial charge on any atom is 0.274 e. The third-order valence-corrected chi connectivity index (χ3v) is 5.78. The number of thiazole rings is 1. The van der Waals surface area contributed by atoms with Crippen molar-refractivity contribution in [3.05, 3.63) is 42.2 Å². The Hall–Kier alpha value is -3.04. The quantitative estimate of drug-likeness (QED) is 0.549. The van der Waals surface area contributed by atoms with Crippen LogP contribution in [0.15, 0.2) is 36.5 Å². The summed E-state index contributed by atoms with van der Waals surface area (Å²) in [5, 5.41) is 3.82. The van der Waals surface area contributed by atoms with Crippen molar-refractivity contribution in [1.29, 1.82) is 0 Å². The Kier molecular flexibility index (Phi) is 6.20. The van der Waals surface area contributed by atoms with E-state index in [4.69, 9.17) is 9.47 Å². The van der Waals surface area contributed by atoms with Gasteiger partial charge in [-0.3, -0.25) is 4.79 Å². The summed E-state index contributed by atoms with van der Waals surface area (Å²) in [5.74, 6) is 0.671. The van der Waals surface area contributed by atoms with E-state index in [2.05, 4.69) is 20.3 Å². The van der Waals surface area contributed by atoms with Crippen molar-refractivity contribution in [2.24, 2.45) is 0 Å². The van der Waals surface area contributed by atoms with Crippen LogP contribution in [0.2, 0.25) is 0 Å². The molecule has 0 unspecified atom stereocenters. The molecule has 1 N–H and O–H groups in total. The van der Waals surface area contributed by atoms with Crippen LogP contribution in [0, 0.1) is 6.92 Å². The number of carbonyl (C=O) groups excluding carboxylic acids is 1. The van der Waals surface area contributed by atoms with Crippen molar-refractivity contribution in [1.82, 2.24) is 15.0 Å². The number of rotatable bonds is 8. The number of nitrogens with zero attached hydrogens (tertiary/aromatic N) is 4. The van der Waals surface area contributed by atoms with Gasteiger partial charge in [0, 0.05) is 37.6 Å². The number of aryl methyl sites for hydroxylation is 1. The molecule has 1 aliphatic heterocycles. The van der Waals surface area contributed by atoms with Crippen LogP contribution in [-0.2, 0) is 9.53 Å². The number of aromatic nitrogens is 3. The summed E-state index contributed by atoms with van der Waals surface area (Å²) in [6, 6.07) is 9.58. The third kappa shape index (κ3) is 4.58. The van der Waals surface area contributed by atoms with Gasteiger partial charge in [-0.1, -0.05) is 11.3 Å². The monoisotopic (exact) mass is 425 g/mol. The smallest absolute Gasteiger partial charge is 0.274 e. The van der Waals surface area contributed by atoms with Crippen LogP contribution in [0.3, 0.4) is 0 Å². The molecule has 0 spiro atoms. The second kappa shape index (κ2) is 9.19. The molecule has 0 aliphatic carbocycles. The minimum Gasteiger partial charge on any atom is -0.468 e. The van der Waals surface area contributed by atoms with Crippen LogP contribution >= 0.6 is 11.3 Å². The van der Waals surface area contributed by atoms with Gasteiger partial charge in [0.2, 0.25) is 11.9 Å². The summed E-state index contributed by atoms with van der Waals surface area (Å²) in [6.45, 7) is 3.68. The van der Waals surface area contributed by atoms with Gasteiger partial charge in [0.05, 0.1) is 22.9 Å². The summed E-state index contributed by atoms with van der Waals surface area (Å²) < 4.78 is 10.6. The summed E-state index contributed by atoms with van der Waals surface area (Å²) >= 11 is 1.45. The third-order valence-electron chi connectivity index (χ3n) is 4.69. The standard InChI is InChI=1S/C21H23N5O3S/c1-14-19(30-21(23-14)29-13-12-28-2)17-9-10-22-20(25-17)24-15-5-7-16(8-6-15)26-11-3-4-18(26)27/h5-10H,3-4,11-13H2,1-2H3,(H,22,24,25). The summed E-state index contributed by atoms with van der Waals surface area (Å²) in [7, 11) is 1.64. The van der Waals surface area contributed by atoms with Crippen molar-refractivity contribution in [3.63, 3.8) is 0 Å². The lowest BCUT2D eigenvalue weighted by atomic mass is 10.2. The molecule has 1 aliphatic rings. The number of benzene rings is 1. The number of ether oxygens (including phenoxy) is 2. The van der Waals surface area contributed by atoms with Crippen molar-refractivity contribution in [2.45, 2.75) is 19.8 Å². The molecule has 0 atom stereocenters. The molecule has 4 rings (SSSR count). The number of methoxy groups -OCH3 is 1. The molecule has 30 heavy (non-hydrogen) atoms. The average Bonchev–Trinajstić information content (AvgIpc) is 3.34. The van der Waals surface area contributed by atoms with E-state index >= 15 is 0 Å². The maximum absolute atomic E-state index is 11.9. The molecular weight excluding hydrogens is 402 g/mol. The Morgan fingerprint density at radius 3 is 2.73 bits per heavy atom. The average molecular weight is 426 g/mol. The minimum absolute atomic E-state index is 0.178. The van der Waals surface area contributed by atoms with Crippen LogP contribution < -0.4 is 15.0 Å². The van der Waals surface area contributed by atoms with Crippen LogP contribution in [0.1, 0.15) is 18.5 Å². The second-order valence-electron chi connectivity index (χ2n) is 6.82. The molecule has 3 aromatic rings. The van der Waals surface area contributed by atoms with E-state index in [1.54, 1.807) is 13.3 Å². The van der Waals surface area contributed by atoms with Gasteiger partial charge in [-0.25, -0.2) is 15.0 Å². The Morgan fingerprint density at radius 1 is 1.17 bits per heavy atom. The molecule has 2 aromatic heterocycles. The minimum atomic E-state index is 0.178. The van der Waals surface area contributed by atoms with Crippen molar-refractivity contribution in [3.8, 4) is 15.8 Å². The molecule has 1 amide bonds. The molecule has 8 nitrogen and oxygen atoms in total. The number of hydrogen-bond donors (Lipinski definition) is 1. The van der Waals surface area contributed by atoms with Gasteiger partial charge in [-0.15, -0.1) is 0 Å². The van der Waals surface area contributed by atoms with E-state index < -0.39 is 0 Å². The molecule has 1 aromatic carbocycles. The predicted octanol–water partition coefficient (Wildman–Crippen LogP) is 3.80. The highest BCUT2D eigenvalue weighted by atomic mass is 32.1. The van der Waals surface area contributed by atoms with Crippen LogP contribution in [0.4, 0.5) is 17.3 Å². The van der Waals surface area contributed by atoms with Crippen LogP contribution in [-0.4, -0.2) is 47.7 Å². The molecule has 3 heterocycles. The molecule has 156 valence electrons. The van der Waals surface area contributed by atoms with Gasteiger partial charge in [-0.2, -0.15) is 0 Å². The van der Waals surface area contributed by atoms with Crippen LogP contribution in [0.25, 0.3) is 10.6 Å². The number of nitrogens with one attached hydrogen (secondary N) is 1. The summed E-state index contributed by atoms with van der Waals surface area (Å²) in [4.78, 5) is 28.1. The van der Waals surface area contributed by atoms with Crippen molar-refractivity contribution < 1.29 is 14.3 Å². The molecular formula is C21H23N5O3S. The Balaban J connectivity index is 1.47. The first kappa shape index (κ1) is 20.2. The fourth-order valence-electron chi connectivity index (χ4n) is 3.20. The van der Waals surface area contributed by atoms with E-state index in [9.17, 15) is 4.79 Å². The molecule has 0 saturated carbocycles. The topological polar surface area (TPSA) is 89.5 Å². The van der Waals surface area contributed by atoms with Gasteiger partial charge in [0.25, 0.3) is 5.19 Å². The first-order valence-corrected chi connectivity index (χ1v) is 10.6. The largest absolute Gasteiger partial charge is 0.468 e. The molecule has 0 radical (unpaired) electrons.